The van der Waals surface area contributed by atoms with Gasteiger partial charge in [-0.2, -0.15) is 0 Å². The molecule has 9 nitrogen and oxygen atoms in total. The highest BCUT2D eigenvalue weighted by molar-refractivity contribution is 7.10. The van der Waals surface area contributed by atoms with Crippen LogP contribution in [0.15, 0.2) is 24.3 Å². The fourth-order valence-corrected chi connectivity index (χ4v) is 2.07. The van der Waals surface area contributed by atoms with E-state index < -0.39 is 16.8 Å². The number of nitrogens with zero attached hydrogens (tertiary/aromatic N) is 3. The standard InChI is InChI=1S/C12H10N4O5S/c1-2-21-12(18)9-11(22-15-14-9)13-10(17)7-3-5-8(6-4-7)16(19)20/h3-6H,2H2,1H3,(H,13,17). The van der Waals surface area contributed by atoms with Crippen LogP contribution in [0.25, 0.3) is 0 Å². The minimum Gasteiger partial charge on any atom is -0.461 e. The summed E-state index contributed by atoms with van der Waals surface area (Å²) in [5.74, 6) is -1.22. The zero-order chi connectivity index (χ0) is 16.1. The van der Waals surface area contributed by atoms with Crippen molar-refractivity contribution >= 4 is 34.1 Å². The minimum atomic E-state index is -0.685. The zero-order valence-corrected chi connectivity index (χ0v) is 12.1. The van der Waals surface area contributed by atoms with Crippen molar-refractivity contribution in [3.63, 3.8) is 0 Å². The molecule has 114 valence electrons. The molecule has 0 fully saturated rings. The van der Waals surface area contributed by atoms with Gasteiger partial charge in [0.1, 0.15) is 0 Å². The first-order valence-corrected chi connectivity index (χ1v) is 6.85. The van der Waals surface area contributed by atoms with Gasteiger partial charge in [0.05, 0.1) is 11.5 Å². The molecule has 0 radical (unpaired) electrons. The van der Waals surface area contributed by atoms with E-state index in [0.717, 1.165) is 11.5 Å². The molecule has 22 heavy (non-hydrogen) atoms. The highest BCUT2D eigenvalue weighted by Gasteiger charge is 2.20. The van der Waals surface area contributed by atoms with Gasteiger partial charge in [-0.05, 0) is 19.1 Å². The van der Waals surface area contributed by atoms with E-state index in [0.29, 0.717) is 0 Å². The van der Waals surface area contributed by atoms with Gasteiger partial charge < -0.3 is 10.1 Å². The lowest BCUT2D eigenvalue weighted by atomic mass is 10.2. The summed E-state index contributed by atoms with van der Waals surface area (Å²) in [5, 5.41) is 16.8. The Hall–Kier alpha value is -2.88. The Kier molecular flexibility index (Phi) is 4.73. The van der Waals surface area contributed by atoms with E-state index >= 15 is 0 Å². The largest absolute Gasteiger partial charge is 0.461 e. The Morgan fingerprint density at radius 3 is 2.64 bits per heavy atom. The number of carbonyl (C=O) groups is 2. The smallest absolute Gasteiger partial charge is 0.362 e. The van der Waals surface area contributed by atoms with Crippen LogP contribution in [-0.2, 0) is 4.74 Å². The third-order valence-corrected chi connectivity index (χ3v) is 3.17. The number of esters is 1. The number of aromatic nitrogens is 2. The van der Waals surface area contributed by atoms with Crippen LogP contribution in [0.5, 0.6) is 0 Å². The van der Waals surface area contributed by atoms with E-state index in [4.69, 9.17) is 4.74 Å². The van der Waals surface area contributed by atoms with Gasteiger partial charge >= 0.3 is 5.97 Å². The lowest BCUT2D eigenvalue weighted by molar-refractivity contribution is -0.384. The maximum Gasteiger partial charge on any atom is 0.362 e. The van der Waals surface area contributed by atoms with Crippen molar-refractivity contribution in [3.05, 3.63) is 45.6 Å². The van der Waals surface area contributed by atoms with Gasteiger partial charge in [0.2, 0.25) is 5.69 Å². The summed E-state index contributed by atoms with van der Waals surface area (Å²) < 4.78 is 8.39. The number of hydrogen-bond donors (Lipinski definition) is 1. The maximum absolute atomic E-state index is 12.0. The van der Waals surface area contributed by atoms with E-state index in [-0.39, 0.29) is 28.6 Å². The predicted molar refractivity (Wildman–Crippen MR) is 76.9 cm³/mol. The molecule has 1 aromatic heterocycles. The summed E-state index contributed by atoms with van der Waals surface area (Å²) >= 11 is 0.833. The Balaban J connectivity index is 2.14. The van der Waals surface area contributed by atoms with E-state index in [1.165, 1.54) is 24.3 Å². The number of nitro benzene ring substituents is 1. The van der Waals surface area contributed by atoms with Crippen molar-refractivity contribution in [2.24, 2.45) is 0 Å². The molecule has 0 spiro atoms. The molecule has 0 aliphatic rings. The fraction of sp³-hybridized carbons (Fsp3) is 0.167. The number of rotatable bonds is 5. The van der Waals surface area contributed by atoms with Crippen LogP contribution in [0.3, 0.4) is 0 Å². The summed E-state index contributed by atoms with van der Waals surface area (Å²) in [6, 6.07) is 5.05. The SMILES string of the molecule is CCOC(=O)c1nnsc1NC(=O)c1ccc([N+](=O)[O-])cc1. The lowest BCUT2D eigenvalue weighted by Crippen LogP contribution is -2.14. The summed E-state index contributed by atoms with van der Waals surface area (Å²) in [4.78, 5) is 33.7. The summed E-state index contributed by atoms with van der Waals surface area (Å²) in [6.07, 6.45) is 0. The molecule has 1 heterocycles. The molecule has 0 saturated carbocycles. The zero-order valence-electron chi connectivity index (χ0n) is 11.3. The van der Waals surface area contributed by atoms with Crippen LogP contribution in [0.4, 0.5) is 10.7 Å². The number of non-ortho nitro benzene ring substituents is 1. The second-order valence-electron chi connectivity index (χ2n) is 3.93. The topological polar surface area (TPSA) is 124 Å². The fourth-order valence-electron chi connectivity index (χ4n) is 1.52. The van der Waals surface area contributed by atoms with Crippen LogP contribution >= 0.6 is 11.5 Å². The van der Waals surface area contributed by atoms with Crippen LogP contribution < -0.4 is 5.32 Å². The molecule has 0 saturated heterocycles. The number of hydrogen-bond acceptors (Lipinski definition) is 8. The maximum atomic E-state index is 12.0. The Bertz CT molecular complexity index is 713. The molecule has 2 aromatic rings. The molecule has 0 aliphatic heterocycles. The second-order valence-corrected chi connectivity index (χ2v) is 4.68. The van der Waals surface area contributed by atoms with Gasteiger partial charge in [0.25, 0.3) is 11.6 Å². The summed E-state index contributed by atoms with van der Waals surface area (Å²) in [7, 11) is 0. The average Bonchev–Trinajstić information content (AvgIpc) is 2.95. The molecule has 1 aromatic carbocycles. The first-order chi connectivity index (χ1) is 10.5. The van der Waals surface area contributed by atoms with E-state index in [1.807, 2.05) is 0 Å². The third-order valence-electron chi connectivity index (χ3n) is 2.52. The highest BCUT2D eigenvalue weighted by Crippen LogP contribution is 2.20. The van der Waals surface area contributed by atoms with E-state index in [1.54, 1.807) is 6.92 Å². The van der Waals surface area contributed by atoms with Gasteiger partial charge in [-0.25, -0.2) is 4.79 Å². The number of amides is 1. The lowest BCUT2D eigenvalue weighted by Gasteiger charge is -2.04. The van der Waals surface area contributed by atoms with Crippen molar-refractivity contribution in [3.8, 4) is 0 Å². The average molecular weight is 322 g/mol. The molecule has 1 amide bonds. The van der Waals surface area contributed by atoms with E-state index in [2.05, 4.69) is 14.9 Å². The molecular formula is C12H10N4O5S. The summed E-state index contributed by atoms with van der Waals surface area (Å²) in [6.45, 7) is 1.82. The van der Waals surface area contributed by atoms with Crippen LogP contribution in [0, 0.1) is 10.1 Å². The molecule has 0 unspecified atom stereocenters. The van der Waals surface area contributed by atoms with Gasteiger partial charge in [-0.15, -0.1) is 5.10 Å². The molecule has 10 heteroatoms. The van der Waals surface area contributed by atoms with Gasteiger partial charge in [-0.3, -0.25) is 14.9 Å². The van der Waals surface area contributed by atoms with Crippen molar-refractivity contribution in [1.29, 1.82) is 0 Å². The first kappa shape index (κ1) is 15.5. The number of nitrogens with one attached hydrogen (secondary N) is 1. The molecular weight excluding hydrogens is 312 g/mol. The molecule has 0 atom stereocenters. The summed E-state index contributed by atoms with van der Waals surface area (Å²) in [5.41, 5.74) is -0.000796. The molecule has 0 aliphatic carbocycles. The predicted octanol–water partition coefficient (Wildman–Crippen LogP) is 1.88. The van der Waals surface area contributed by atoms with Crippen molar-refractivity contribution in [1.82, 2.24) is 9.59 Å². The Labute approximate surface area is 128 Å². The van der Waals surface area contributed by atoms with Gasteiger partial charge in [-0.1, -0.05) is 4.49 Å². The van der Waals surface area contributed by atoms with Crippen LogP contribution in [0.2, 0.25) is 0 Å². The molecule has 2 rings (SSSR count). The number of nitro groups is 1. The van der Waals surface area contributed by atoms with Gasteiger partial charge in [0.15, 0.2) is 5.00 Å². The Morgan fingerprint density at radius 1 is 1.36 bits per heavy atom. The number of ether oxygens (including phenoxy) is 1. The first-order valence-electron chi connectivity index (χ1n) is 6.08. The third kappa shape index (κ3) is 3.41. The second kappa shape index (κ2) is 6.72. The monoisotopic (exact) mass is 322 g/mol. The van der Waals surface area contributed by atoms with Crippen LogP contribution in [0.1, 0.15) is 27.8 Å². The quantitative estimate of drug-likeness (QED) is 0.506. The normalized spacial score (nSPS) is 10.0. The van der Waals surface area contributed by atoms with Crippen molar-refractivity contribution in [2.75, 3.05) is 11.9 Å². The minimum absolute atomic E-state index is 0.0814. The molecule has 1 N–H and O–H groups in total. The van der Waals surface area contributed by atoms with Crippen molar-refractivity contribution in [2.45, 2.75) is 6.92 Å². The number of benzene rings is 1. The Morgan fingerprint density at radius 2 is 2.05 bits per heavy atom. The van der Waals surface area contributed by atoms with Gasteiger partial charge in [0, 0.05) is 29.2 Å². The highest BCUT2D eigenvalue weighted by atomic mass is 32.1. The number of anilines is 1. The molecule has 0 bridgehead atoms. The van der Waals surface area contributed by atoms with E-state index in [9.17, 15) is 19.7 Å². The van der Waals surface area contributed by atoms with Crippen LogP contribution in [-0.4, -0.2) is 33.0 Å². The number of carbonyl (C=O) groups excluding carboxylic acids is 2. The van der Waals surface area contributed by atoms with Crippen molar-refractivity contribution < 1.29 is 19.2 Å².